The van der Waals surface area contributed by atoms with Crippen molar-refractivity contribution >= 4 is 22.5 Å². The number of anilines is 1. The molecule has 31 heavy (non-hydrogen) atoms. The largest absolute Gasteiger partial charge is 0.497 e. The minimum absolute atomic E-state index is 0.0568. The van der Waals surface area contributed by atoms with E-state index in [0.29, 0.717) is 6.54 Å². The second-order valence-corrected chi connectivity index (χ2v) is 7.60. The van der Waals surface area contributed by atoms with Gasteiger partial charge in [0.25, 0.3) is 0 Å². The lowest BCUT2D eigenvalue weighted by Crippen LogP contribution is -2.40. The molecule has 2 atom stereocenters. The van der Waals surface area contributed by atoms with E-state index >= 15 is 0 Å². The summed E-state index contributed by atoms with van der Waals surface area (Å²) in [7, 11) is 1.67. The third-order valence-corrected chi connectivity index (χ3v) is 5.58. The number of amides is 1. The summed E-state index contributed by atoms with van der Waals surface area (Å²) >= 11 is 0. The summed E-state index contributed by atoms with van der Waals surface area (Å²) in [6.07, 6.45) is 2.07. The maximum Gasteiger partial charge on any atom is 0.241 e. The molecule has 0 aliphatic heterocycles. The molecule has 0 saturated heterocycles. The topological polar surface area (TPSA) is 66.2 Å². The van der Waals surface area contributed by atoms with E-state index in [-0.39, 0.29) is 17.9 Å². The van der Waals surface area contributed by atoms with Crippen molar-refractivity contribution in [2.75, 3.05) is 19.0 Å². The van der Waals surface area contributed by atoms with Gasteiger partial charge in [0, 0.05) is 35.2 Å². The maximum absolute atomic E-state index is 12.6. The van der Waals surface area contributed by atoms with Crippen molar-refractivity contribution in [3.63, 3.8) is 0 Å². The number of hydrogen-bond donors (Lipinski definition) is 3. The summed E-state index contributed by atoms with van der Waals surface area (Å²) in [6, 6.07) is 25.6. The predicted octanol–water partition coefficient (Wildman–Crippen LogP) is 4.93. The number of aromatic nitrogens is 1. The first-order chi connectivity index (χ1) is 15.2. The average Bonchev–Trinajstić information content (AvgIpc) is 3.24. The van der Waals surface area contributed by atoms with Crippen LogP contribution in [0, 0.1) is 0 Å². The zero-order valence-corrected chi connectivity index (χ0v) is 17.8. The van der Waals surface area contributed by atoms with E-state index in [1.165, 1.54) is 10.9 Å². The van der Waals surface area contributed by atoms with Crippen LogP contribution in [0.15, 0.2) is 85.1 Å². The third-order valence-electron chi connectivity index (χ3n) is 5.58. The summed E-state index contributed by atoms with van der Waals surface area (Å²) in [5.41, 5.74) is 4.26. The maximum atomic E-state index is 12.6. The number of rotatable bonds is 8. The lowest BCUT2D eigenvalue weighted by molar-refractivity contribution is -0.117. The number of hydrogen-bond acceptors (Lipinski definition) is 3. The van der Waals surface area contributed by atoms with Gasteiger partial charge in [0.15, 0.2) is 0 Å². The van der Waals surface area contributed by atoms with Gasteiger partial charge in [-0.25, -0.2) is 0 Å². The van der Waals surface area contributed by atoms with Crippen molar-refractivity contribution in [3.05, 3.63) is 96.2 Å². The normalized spacial score (nSPS) is 13.0. The minimum atomic E-state index is -0.342. The van der Waals surface area contributed by atoms with Crippen molar-refractivity contribution < 1.29 is 9.53 Å². The highest BCUT2D eigenvalue weighted by molar-refractivity contribution is 5.94. The van der Waals surface area contributed by atoms with E-state index in [1.54, 1.807) is 7.11 Å². The molecule has 0 radical (unpaired) electrons. The van der Waals surface area contributed by atoms with Crippen molar-refractivity contribution in [1.29, 1.82) is 0 Å². The first-order valence-electron chi connectivity index (χ1n) is 10.4. The highest BCUT2D eigenvalue weighted by Crippen LogP contribution is 2.31. The van der Waals surface area contributed by atoms with Crippen molar-refractivity contribution in [1.82, 2.24) is 10.3 Å². The van der Waals surface area contributed by atoms with Crippen LogP contribution in [0.1, 0.15) is 24.0 Å². The molecule has 4 aromatic rings. The summed E-state index contributed by atoms with van der Waals surface area (Å²) in [5, 5.41) is 7.57. The summed E-state index contributed by atoms with van der Waals surface area (Å²) in [5.74, 6) is 0.845. The lowest BCUT2D eigenvalue weighted by atomic mass is 9.90. The first-order valence-corrected chi connectivity index (χ1v) is 10.4. The molecule has 158 valence electrons. The van der Waals surface area contributed by atoms with Crippen LogP contribution in [0.3, 0.4) is 0 Å². The average molecular weight is 414 g/mol. The molecule has 4 rings (SSSR count). The summed E-state index contributed by atoms with van der Waals surface area (Å²) in [4.78, 5) is 16.0. The number of carbonyl (C=O) groups excluding carboxylic acids is 1. The lowest BCUT2D eigenvalue weighted by Gasteiger charge is -2.21. The quantitative estimate of drug-likeness (QED) is 0.384. The Bertz CT molecular complexity index is 1140. The van der Waals surface area contributed by atoms with Gasteiger partial charge in [0.1, 0.15) is 5.75 Å². The van der Waals surface area contributed by atoms with Crippen LogP contribution >= 0.6 is 0 Å². The van der Waals surface area contributed by atoms with Crippen LogP contribution in [-0.2, 0) is 4.79 Å². The van der Waals surface area contributed by atoms with Gasteiger partial charge in [-0.05, 0) is 48.4 Å². The van der Waals surface area contributed by atoms with Gasteiger partial charge >= 0.3 is 0 Å². The fourth-order valence-electron chi connectivity index (χ4n) is 3.79. The molecule has 0 saturated carbocycles. The number of ether oxygens (including phenoxy) is 1. The second-order valence-electron chi connectivity index (χ2n) is 7.60. The van der Waals surface area contributed by atoms with E-state index in [2.05, 4.69) is 46.1 Å². The Morgan fingerprint density at radius 2 is 1.68 bits per heavy atom. The molecule has 0 fully saturated rings. The Hall–Kier alpha value is -3.57. The summed E-state index contributed by atoms with van der Waals surface area (Å²) < 4.78 is 5.32. The number of fused-ring (bicyclic) bond motifs is 1. The van der Waals surface area contributed by atoms with Crippen LogP contribution in [0.2, 0.25) is 0 Å². The van der Waals surface area contributed by atoms with Gasteiger partial charge < -0.3 is 20.4 Å². The fraction of sp³-hybridized carbons (Fsp3) is 0.192. The number of methoxy groups -OCH3 is 1. The monoisotopic (exact) mass is 413 g/mol. The van der Waals surface area contributed by atoms with Gasteiger partial charge in [0.2, 0.25) is 5.91 Å². The number of nitrogens with one attached hydrogen (secondary N) is 3. The predicted molar refractivity (Wildman–Crippen MR) is 126 cm³/mol. The molecule has 1 aromatic heterocycles. The molecule has 1 heterocycles. The molecule has 1 amide bonds. The Morgan fingerprint density at radius 3 is 2.42 bits per heavy atom. The Kier molecular flexibility index (Phi) is 6.34. The zero-order valence-electron chi connectivity index (χ0n) is 17.8. The van der Waals surface area contributed by atoms with Gasteiger partial charge in [-0.15, -0.1) is 0 Å². The second kappa shape index (κ2) is 9.49. The molecule has 0 aliphatic rings. The van der Waals surface area contributed by atoms with E-state index in [0.717, 1.165) is 22.5 Å². The summed E-state index contributed by atoms with van der Waals surface area (Å²) in [6.45, 7) is 2.51. The van der Waals surface area contributed by atoms with Crippen LogP contribution in [0.5, 0.6) is 5.75 Å². The molecule has 3 aromatic carbocycles. The van der Waals surface area contributed by atoms with E-state index < -0.39 is 0 Å². The molecular formula is C26H27N3O2. The smallest absolute Gasteiger partial charge is 0.241 e. The number of benzene rings is 3. The standard InChI is InChI=1S/C26H27N3O2/c1-18(26(30)29-20-8-4-3-5-9-20)27-16-23(19-12-14-21(31-2)15-13-19)24-17-28-25-11-7-6-10-22(24)25/h3-15,17-18,23,27-28H,16H2,1-2H3,(H,29,30). The molecule has 3 N–H and O–H groups in total. The van der Waals surface area contributed by atoms with Gasteiger partial charge in [-0.2, -0.15) is 0 Å². The van der Waals surface area contributed by atoms with Crippen LogP contribution in [0.4, 0.5) is 5.69 Å². The number of H-pyrrole nitrogens is 1. The SMILES string of the molecule is COc1ccc(C(CNC(C)C(=O)Nc2ccccc2)c2c[nH]c3ccccc23)cc1. The Balaban J connectivity index is 1.55. The number of aromatic amines is 1. The Labute approximate surface area is 182 Å². The van der Waals surface area contributed by atoms with Crippen molar-refractivity contribution in [2.24, 2.45) is 0 Å². The minimum Gasteiger partial charge on any atom is -0.497 e. The number of para-hydroxylation sites is 2. The molecule has 0 bridgehead atoms. The van der Waals surface area contributed by atoms with Gasteiger partial charge in [-0.3, -0.25) is 4.79 Å². The molecule has 5 nitrogen and oxygen atoms in total. The first kappa shape index (κ1) is 20.7. The molecule has 5 heteroatoms. The molecule has 0 spiro atoms. The third kappa shape index (κ3) is 4.78. The van der Waals surface area contributed by atoms with E-state index in [9.17, 15) is 4.79 Å². The fourth-order valence-corrected chi connectivity index (χ4v) is 3.79. The molecule has 2 unspecified atom stereocenters. The van der Waals surface area contributed by atoms with Gasteiger partial charge in [0.05, 0.1) is 13.2 Å². The molecular weight excluding hydrogens is 386 g/mol. The van der Waals surface area contributed by atoms with Crippen LogP contribution < -0.4 is 15.4 Å². The highest BCUT2D eigenvalue weighted by Gasteiger charge is 2.21. The zero-order chi connectivity index (χ0) is 21.6. The molecule has 0 aliphatic carbocycles. The Morgan fingerprint density at radius 1 is 0.968 bits per heavy atom. The highest BCUT2D eigenvalue weighted by atomic mass is 16.5. The van der Waals surface area contributed by atoms with E-state index in [4.69, 9.17) is 4.74 Å². The van der Waals surface area contributed by atoms with Crippen LogP contribution in [-0.4, -0.2) is 30.6 Å². The van der Waals surface area contributed by atoms with Crippen molar-refractivity contribution in [3.8, 4) is 5.75 Å². The van der Waals surface area contributed by atoms with Crippen LogP contribution in [0.25, 0.3) is 10.9 Å². The van der Waals surface area contributed by atoms with Gasteiger partial charge in [-0.1, -0.05) is 48.5 Å². The number of carbonyl (C=O) groups is 1. The van der Waals surface area contributed by atoms with E-state index in [1.807, 2.05) is 61.5 Å². The van der Waals surface area contributed by atoms with Crippen molar-refractivity contribution in [2.45, 2.75) is 18.9 Å².